The number of aliphatic hydroxyl groups excluding tert-OH is 1. The molecule has 1 aromatic heterocycles. The van der Waals surface area contributed by atoms with Crippen LogP contribution >= 0.6 is 0 Å². The fourth-order valence-corrected chi connectivity index (χ4v) is 2.99. The third-order valence-electron chi connectivity index (χ3n) is 4.23. The molecule has 1 aromatic rings. The third kappa shape index (κ3) is 3.37. The maximum atomic E-state index is 10.0. The van der Waals surface area contributed by atoms with Crippen molar-refractivity contribution >= 4 is 0 Å². The highest BCUT2D eigenvalue weighted by molar-refractivity contribution is 4.93. The van der Waals surface area contributed by atoms with Crippen LogP contribution in [-0.4, -0.2) is 45.5 Å². The van der Waals surface area contributed by atoms with Crippen molar-refractivity contribution in [3.05, 3.63) is 11.9 Å². The average molecular weight is 281 g/mol. The van der Waals surface area contributed by atoms with Crippen molar-refractivity contribution in [2.45, 2.75) is 63.4 Å². The molecular formula is C14H23N3O3. The second kappa shape index (κ2) is 6.65. The molecule has 0 unspecified atom stereocenters. The molecule has 2 fully saturated rings. The van der Waals surface area contributed by atoms with Gasteiger partial charge < -0.3 is 14.6 Å². The molecule has 20 heavy (non-hydrogen) atoms. The number of nitrogens with zero attached hydrogens (tertiary/aromatic N) is 3. The largest absolute Gasteiger partial charge is 0.391 e. The zero-order valence-corrected chi connectivity index (χ0v) is 11.8. The summed E-state index contributed by atoms with van der Waals surface area (Å²) in [5.41, 5.74) is 0.842. The van der Waals surface area contributed by atoms with E-state index in [4.69, 9.17) is 9.47 Å². The molecule has 112 valence electrons. The Bertz CT molecular complexity index is 418. The Morgan fingerprint density at radius 1 is 1.25 bits per heavy atom. The molecule has 6 heteroatoms. The molecular weight excluding hydrogens is 258 g/mol. The molecule has 1 saturated heterocycles. The van der Waals surface area contributed by atoms with Gasteiger partial charge in [-0.1, -0.05) is 18.1 Å². The summed E-state index contributed by atoms with van der Waals surface area (Å²) >= 11 is 0. The van der Waals surface area contributed by atoms with Crippen LogP contribution in [0.4, 0.5) is 0 Å². The quantitative estimate of drug-likeness (QED) is 0.904. The van der Waals surface area contributed by atoms with E-state index in [0.29, 0.717) is 6.61 Å². The second-order valence-corrected chi connectivity index (χ2v) is 5.73. The summed E-state index contributed by atoms with van der Waals surface area (Å²) in [5.74, 6) is 0. The van der Waals surface area contributed by atoms with Crippen molar-refractivity contribution in [3.63, 3.8) is 0 Å². The van der Waals surface area contributed by atoms with Crippen molar-refractivity contribution < 1.29 is 14.6 Å². The molecule has 3 rings (SSSR count). The van der Waals surface area contributed by atoms with Crippen LogP contribution in [0.2, 0.25) is 0 Å². The molecule has 1 aliphatic heterocycles. The van der Waals surface area contributed by atoms with E-state index in [0.717, 1.165) is 57.4 Å². The SMILES string of the molecule is O[C@@H]1CCCC[C@H]1n1cc(COC2CCOCC2)nn1. The number of ether oxygens (including phenoxy) is 2. The van der Waals surface area contributed by atoms with Gasteiger partial charge in [0, 0.05) is 13.2 Å². The van der Waals surface area contributed by atoms with Gasteiger partial charge in [-0.05, 0) is 25.7 Å². The highest BCUT2D eigenvalue weighted by atomic mass is 16.5. The molecule has 1 N–H and O–H groups in total. The van der Waals surface area contributed by atoms with Crippen LogP contribution in [0.25, 0.3) is 0 Å². The Kier molecular flexibility index (Phi) is 4.65. The van der Waals surface area contributed by atoms with Crippen LogP contribution in [-0.2, 0) is 16.1 Å². The lowest BCUT2D eigenvalue weighted by Gasteiger charge is -2.27. The number of hydrogen-bond donors (Lipinski definition) is 1. The van der Waals surface area contributed by atoms with Gasteiger partial charge >= 0.3 is 0 Å². The van der Waals surface area contributed by atoms with Crippen LogP contribution in [0.3, 0.4) is 0 Å². The highest BCUT2D eigenvalue weighted by Gasteiger charge is 2.25. The van der Waals surface area contributed by atoms with Gasteiger partial charge in [-0.15, -0.1) is 5.10 Å². The Morgan fingerprint density at radius 3 is 2.85 bits per heavy atom. The first kappa shape index (κ1) is 14.0. The summed E-state index contributed by atoms with van der Waals surface area (Å²) < 4.78 is 13.0. The summed E-state index contributed by atoms with van der Waals surface area (Å²) in [6.45, 7) is 2.06. The van der Waals surface area contributed by atoms with Crippen LogP contribution in [0.1, 0.15) is 50.3 Å². The lowest BCUT2D eigenvalue weighted by Crippen LogP contribution is -2.28. The number of rotatable bonds is 4. The van der Waals surface area contributed by atoms with Crippen LogP contribution in [0, 0.1) is 0 Å². The van der Waals surface area contributed by atoms with Crippen molar-refractivity contribution in [3.8, 4) is 0 Å². The topological polar surface area (TPSA) is 69.4 Å². The smallest absolute Gasteiger partial charge is 0.108 e. The van der Waals surface area contributed by atoms with Crippen LogP contribution < -0.4 is 0 Å². The molecule has 1 aliphatic carbocycles. The van der Waals surface area contributed by atoms with Crippen molar-refractivity contribution in [2.75, 3.05) is 13.2 Å². The molecule has 0 bridgehead atoms. The predicted molar refractivity (Wildman–Crippen MR) is 72.2 cm³/mol. The minimum absolute atomic E-state index is 0.0769. The van der Waals surface area contributed by atoms with Gasteiger partial charge in [-0.2, -0.15) is 0 Å². The normalized spacial score (nSPS) is 28.6. The molecule has 0 amide bonds. The number of aromatic nitrogens is 3. The molecule has 2 heterocycles. The van der Waals surface area contributed by atoms with E-state index in [1.54, 1.807) is 0 Å². The van der Waals surface area contributed by atoms with E-state index in [9.17, 15) is 5.11 Å². The summed E-state index contributed by atoms with van der Waals surface area (Å²) in [7, 11) is 0. The van der Waals surface area contributed by atoms with Crippen molar-refractivity contribution in [2.24, 2.45) is 0 Å². The van der Waals surface area contributed by atoms with E-state index in [2.05, 4.69) is 10.3 Å². The van der Waals surface area contributed by atoms with Gasteiger partial charge in [0.05, 0.1) is 31.1 Å². The van der Waals surface area contributed by atoms with E-state index in [1.807, 2.05) is 10.9 Å². The molecule has 0 aromatic carbocycles. The molecule has 2 aliphatic rings. The highest BCUT2D eigenvalue weighted by Crippen LogP contribution is 2.28. The monoisotopic (exact) mass is 281 g/mol. The summed E-state index contributed by atoms with van der Waals surface area (Å²) in [4.78, 5) is 0. The Balaban J connectivity index is 1.53. The van der Waals surface area contributed by atoms with Crippen molar-refractivity contribution in [1.29, 1.82) is 0 Å². The molecule has 1 saturated carbocycles. The van der Waals surface area contributed by atoms with Gasteiger partial charge in [0.2, 0.25) is 0 Å². The first-order valence-corrected chi connectivity index (χ1v) is 7.61. The Labute approximate surface area is 119 Å². The molecule has 0 radical (unpaired) electrons. The number of hydrogen-bond acceptors (Lipinski definition) is 5. The third-order valence-corrected chi connectivity index (χ3v) is 4.23. The molecule has 6 nitrogen and oxygen atoms in total. The average Bonchev–Trinajstić information content (AvgIpc) is 2.95. The first-order chi connectivity index (χ1) is 9.83. The van der Waals surface area contributed by atoms with E-state index >= 15 is 0 Å². The van der Waals surface area contributed by atoms with Gasteiger partial charge in [-0.3, -0.25) is 0 Å². The summed E-state index contributed by atoms with van der Waals surface area (Å²) in [6, 6.07) is 0.0769. The van der Waals surface area contributed by atoms with Gasteiger partial charge in [0.1, 0.15) is 5.69 Å². The van der Waals surface area contributed by atoms with E-state index in [1.165, 1.54) is 0 Å². The zero-order chi connectivity index (χ0) is 13.8. The van der Waals surface area contributed by atoms with E-state index < -0.39 is 0 Å². The minimum atomic E-state index is -0.297. The van der Waals surface area contributed by atoms with Gasteiger partial charge in [0.25, 0.3) is 0 Å². The maximum absolute atomic E-state index is 10.0. The van der Waals surface area contributed by atoms with Crippen molar-refractivity contribution in [1.82, 2.24) is 15.0 Å². The lowest BCUT2D eigenvalue weighted by atomic mass is 9.93. The second-order valence-electron chi connectivity index (χ2n) is 5.73. The Hall–Kier alpha value is -0.980. The fourth-order valence-electron chi connectivity index (χ4n) is 2.99. The standard InChI is InChI=1S/C14H23N3O3/c18-14-4-2-1-3-13(14)17-9-11(15-16-17)10-20-12-5-7-19-8-6-12/h9,12-14,18H,1-8,10H2/t13-,14-/m1/s1. The predicted octanol–water partition coefficient (Wildman–Crippen LogP) is 1.45. The van der Waals surface area contributed by atoms with Gasteiger partial charge in [-0.25, -0.2) is 4.68 Å². The van der Waals surface area contributed by atoms with E-state index in [-0.39, 0.29) is 18.2 Å². The Morgan fingerprint density at radius 2 is 2.05 bits per heavy atom. The molecule has 0 spiro atoms. The minimum Gasteiger partial charge on any atom is -0.391 e. The molecule has 2 atom stereocenters. The summed E-state index contributed by atoms with van der Waals surface area (Å²) in [6.07, 6.45) is 7.89. The lowest BCUT2D eigenvalue weighted by molar-refractivity contribution is -0.0399. The first-order valence-electron chi connectivity index (χ1n) is 7.61. The van der Waals surface area contributed by atoms with Gasteiger partial charge in [0.15, 0.2) is 0 Å². The number of aliphatic hydroxyl groups is 1. The summed E-state index contributed by atoms with van der Waals surface area (Å²) in [5, 5.41) is 18.3. The van der Waals surface area contributed by atoms with Crippen LogP contribution in [0.5, 0.6) is 0 Å². The maximum Gasteiger partial charge on any atom is 0.108 e. The fraction of sp³-hybridized carbons (Fsp3) is 0.857. The zero-order valence-electron chi connectivity index (χ0n) is 11.8. The van der Waals surface area contributed by atoms with Crippen LogP contribution in [0.15, 0.2) is 6.20 Å².